The second kappa shape index (κ2) is 10.1. The topological polar surface area (TPSA) is 216 Å². The Hall–Kier alpha value is 0.363. The number of hydrogen-bond donors (Lipinski definition) is 3. The van der Waals surface area contributed by atoms with E-state index in [1.807, 2.05) is 5.32 Å². The van der Waals surface area contributed by atoms with Crippen LogP contribution in [0.1, 0.15) is 20.7 Å². The van der Waals surface area contributed by atoms with Gasteiger partial charge >= 0.3 is 109 Å². The van der Waals surface area contributed by atoms with Gasteiger partial charge in [0, 0.05) is 16.5 Å². The molecular weight excluding hydrogens is 496 g/mol. The minimum Gasteiger partial charge on any atom is -0.744 e. The van der Waals surface area contributed by atoms with E-state index in [1.165, 1.54) is 0 Å². The summed E-state index contributed by atoms with van der Waals surface area (Å²) in [6, 6.07) is -0.0900. The van der Waals surface area contributed by atoms with Crippen LogP contribution in [0.3, 0.4) is 0 Å². The number of Topliss-reactive ketones (excluding diaryl/α,β-unsaturated/α-hetero) is 2. The van der Waals surface area contributed by atoms with Crippen molar-refractivity contribution in [2.24, 2.45) is 5.84 Å². The molecule has 16 heteroatoms. The fraction of sp³-hybridized carbons (Fsp3) is 0.0714. The number of carbonyl (C=O) groups is 3. The van der Waals surface area contributed by atoms with Gasteiger partial charge in [0.2, 0.25) is 0 Å². The fourth-order valence-electron chi connectivity index (χ4n) is 2.87. The number of hydrazine groups is 1. The average molecular weight is 506 g/mol. The van der Waals surface area contributed by atoms with E-state index in [-0.39, 0.29) is 114 Å². The van der Waals surface area contributed by atoms with Crippen LogP contribution < -0.4 is 119 Å². The van der Waals surface area contributed by atoms with Gasteiger partial charge in [0.1, 0.15) is 20.2 Å². The Bertz CT molecular complexity index is 1210. The minimum atomic E-state index is -5.08. The predicted molar refractivity (Wildman–Crippen MR) is 88.2 cm³/mol. The standard InChI is InChI=1S/C14H11N3O9S2.2K/c15-17-14(20)16-11-12(18)8-3-6(27(21,22)23)1-5-2-7(28(24,25)26)4-9(10(5)8)13(11)19;;/h1-4,11H,15H2,(H2,16,17,20)(H,21,22,23)(H,24,25,26);;/q;2*+1/p-2. The first-order chi connectivity index (χ1) is 12.8. The molecule has 0 radical (unpaired) electrons. The van der Waals surface area contributed by atoms with Crippen LogP contribution in [-0.4, -0.2) is 49.6 Å². The molecule has 0 heterocycles. The number of nitrogens with one attached hydrogen (secondary N) is 2. The molecule has 0 fully saturated rings. The van der Waals surface area contributed by atoms with Crippen molar-refractivity contribution in [3.8, 4) is 0 Å². The van der Waals surface area contributed by atoms with Crippen molar-refractivity contribution in [3.63, 3.8) is 0 Å². The summed E-state index contributed by atoms with van der Waals surface area (Å²) in [5.74, 6) is 2.79. The second-order valence-electron chi connectivity index (χ2n) is 5.73. The van der Waals surface area contributed by atoms with E-state index in [0.29, 0.717) is 12.1 Å². The molecule has 1 aliphatic carbocycles. The molecule has 148 valence electrons. The van der Waals surface area contributed by atoms with Crippen LogP contribution in [-0.2, 0) is 20.2 Å². The van der Waals surface area contributed by atoms with Crippen molar-refractivity contribution < 1.29 is 143 Å². The van der Waals surface area contributed by atoms with Crippen LogP contribution in [0.2, 0.25) is 0 Å². The number of nitrogens with two attached hydrogens (primary N) is 1. The first-order valence-corrected chi connectivity index (χ1v) is 10.1. The number of hydrogen-bond acceptors (Lipinski definition) is 10. The summed E-state index contributed by atoms with van der Waals surface area (Å²) in [6.07, 6.45) is 0. The molecule has 4 N–H and O–H groups in total. The molecule has 1 aliphatic rings. The molecule has 0 bridgehead atoms. The zero-order valence-electron chi connectivity index (χ0n) is 15.5. The van der Waals surface area contributed by atoms with E-state index < -0.39 is 64.8 Å². The van der Waals surface area contributed by atoms with Gasteiger partial charge in [-0.1, -0.05) is 0 Å². The van der Waals surface area contributed by atoms with E-state index >= 15 is 0 Å². The van der Waals surface area contributed by atoms with Crippen LogP contribution >= 0.6 is 0 Å². The SMILES string of the molecule is NNC(=O)NC1C(=O)c2cc(S(=O)(=O)[O-])cc3cc(S(=O)(=O)[O-])cc(c23)C1=O.[K+].[K+]. The minimum absolute atomic E-state index is 0. The van der Waals surface area contributed by atoms with Gasteiger partial charge < -0.3 is 14.4 Å². The van der Waals surface area contributed by atoms with Crippen molar-refractivity contribution in [1.29, 1.82) is 0 Å². The van der Waals surface area contributed by atoms with E-state index in [1.54, 1.807) is 5.43 Å². The second-order valence-corrected chi connectivity index (χ2v) is 8.49. The maximum atomic E-state index is 12.6. The van der Waals surface area contributed by atoms with Crippen LogP contribution in [0, 0.1) is 0 Å². The molecule has 12 nitrogen and oxygen atoms in total. The zero-order valence-corrected chi connectivity index (χ0v) is 23.3. The summed E-state index contributed by atoms with van der Waals surface area (Å²) >= 11 is 0. The van der Waals surface area contributed by atoms with Gasteiger partial charge in [0.25, 0.3) is 0 Å². The van der Waals surface area contributed by atoms with Gasteiger partial charge in [-0.15, -0.1) is 0 Å². The van der Waals surface area contributed by atoms with E-state index in [9.17, 15) is 40.3 Å². The number of amides is 2. The maximum absolute atomic E-state index is 12.6. The first kappa shape index (κ1) is 28.4. The zero-order chi connectivity index (χ0) is 21.0. The van der Waals surface area contributed by atoms with E-state index in [2.05, 4.69) is 0 Å². The third kappa shape index (κ3) is 5.46. The molecule has 0 unspecified atom stereocenters. The van der Waals surface area contributed by atoms with Crippen molar-refractivity contribution in [2.75, 3.05) is 0 Å². The number of rotatable bonds is 3. The van der Waals surface area contributed by atoms with Crippen molar-refractivity contribution in [2.45, 2.75) is 15.8 Å². The molecule has 2 aromatic carbocycles. The van der Waals surface area contributed by atoms with Crippen molar-refractivity contribution in [1.82, 2.24) is 10.7 Å². The first-order valence-electron chi connectivity index (χ1n) is 7.23. The third-order valence-corrected chi connectivity index (χ3v) is 5.66. The van der Waals surface area contributed by atoms with Crippen LogP contribution in [0.25, 0.3) is 10.8 Å². The molecule has 3 rings (SSSR count). The Morgan fingerprint density at radius 1 is 0.867 bits per heavy atom. The summed E-state index contributed by atoms with van der Waals surface area (Å²) in [4.78, 5) is 35.0. The van der Waals surface area contributed by atoms with Crippen LogP contribution in [0.4, 0.5) is 4.79 Å². The molecular formula is C14H9K2N3O9S2. The van der Waals surface area contributed by atoms with E-state index in [4.69, 9.17) is 5.84 Å². The summed E-state index contributed by atoms with van der Waals surface area (Å²) in [5, 5.41) is 1.50. The largest absolute Gasteiger partial charge is 1.00 e. The monoisotopic (exact) mass is 505 g/mol. The molecule has 2 amide bonds. The number of ketones is 2. The van der Waals surface area contributed by atoms with Gasteiger partial charge in [-0.05, 0) is 29.7 Å². The van der Waals surface area contributed by atoms with Gasteiger partial charge in [-0.25, -0.2) is 27.5 Å². The maximum Gasteiger partial charge on any atom is 1.00 e. The molecule has 30 heavy (non-hydrogen) atoms. The van der Waals surface area contributed by atoms with Gasteiger partial charge in [0.05, 0.1) is 9.79 Å². The predicted octanol–water partition coefficient (Wildman–Crippen LogP) is -7.42. The number of carbonyl (C=O) groups excluding carboxylic acids is 3. The summed E-state index contributed by atoms with van der Waals surface area (Å²) in [5.41, 5.74) is 0.791. The molecule has 0 aliphatic heterocycles. The van der Waals surface area contributed by atoms with Crippen LogP contribution in [0.5, 0.6) is 0 Å². The summed E-state index contributed by atoms with van der Waals surface area (Å²) in [7, 11) is -10.2. The molecule has 0 saturated carbocycles. The Morgan fingerprint density at radius 2 is 1.27 bits per heavy atom. The fourth-order valence-corrected chi connectivity index (χ4v) is 3.94. The Labute approximate surface area is 255 Å². The Kier molecular flexibility index (Phi) is 9.56. The molecule has 0 saturated heterocycles. The summed E-state index contributed by atoms with van der Waals surface area (Å²) in [6.45, 7) is 0. The van der Waals surface area contributed by atoms with Gasteiger partial charge in [0.15, 0.2) is 17.6 Å². The van der Waals surface area contributed by atoms with Gasteiger partial charge in [-0.2, -0.15) is 0 Å². The Morgan fingerprint density at radius 3 is 1.60 bits per heavy atom. The third-order valence-electron chi connectivity index (χ3n) is 4.04. The number of urea groups is 1. The molecule has 0 spiro atoms. The smallest absolute Gasteiger partial charge is 0.744 e. The summed E-state index contributed by atoms with van der Waals surface area (Å²) < 4.78 is 68.4. The molecule has 2 aromatic rings. The van der Waals surface area contributed by atoms with Gasteiger partial charge in [-0.3, -0.25) is 15.0 Å². The Balaban J connectivity index is 0.00000225. The normalized spacial score (nSPS) is 14.0. The average Bonchev–Trinajstić information content (AvgIpc) is 2.60. The molecule has 0 atom stereocenters. The quantitative estimate of drug-likeness (QED) is 0.0894. The molecule has 0 aromatic heterocycles. The van der Waals surface area contributed by atoms with Crippen molar-refractivity contribution >= 4 is 48.6 Å². The van der Waals surface area contributed by atoms with Crippen LogP contribution in [0.15, 0.2) is 34.1 Å². The van der Waals surface area contributed by atoms with E-state index in [0.717, 1.165) is 12.1 Å². The number of benzene rings is 2. The van der Waals surface area contributed by atoms with Crippen molar-refractivity contribution in [3.05, 3.63) is 35.4 Å².